The van der Waals surface area contributed by atoms with Crippen LogP contribution < -0.4 is 9.47 Å². The first-order valence-corrected chi connectivity index (χ1v) is 13.4. The fourth-order valence-corrected chi connectivity index (χ4v) is 4.82. The summed E-state index contributed by atoms with van der Waals surface area (Å²) in [4.78, 5) is 13.6. The smallest absolute Gasteiger partial charge is 0.307 e. The summed E-state index contributed by atoms with van der Waals surface area (Å²) in [5, 5.41) is 9.10. The summed E-state index contributed by atoms with van der Waals surface area (Å²) in [6, 6.07) is 37.3. The quantitative estimate of drug-likeness (QED) is 0.197. The number of aliphatic carboxylic acids is 1. The maximum atomic E-state index is 11.1. The van der Waals surface area contributed by atoms with Crippen LogP contribution in [0.15, 0.2) is 109 Å². The Balaban J connectivity index is 1.51. The monoisotopic (exact) mass is 523 g/mol. The fraction of sp³-hybridized carbons (Fsp3) is 0.265. The largest absolute Gasteiger partial charge is 0.497 e. The van der Waals surface area contributed by atoms with Crippen molar-refractivity contribution in [3.05, 3.63) is 131 Å². The molecule has 0 radical (unpaired) electrons. The molecular weight excluding hydrogens is 486 g/mol. The van der Waals surface area contributed by atoms with Crippen molar-refractivity contribution in [2.75, 3.05) is 20.3 Å². The van der Waals surface area contributed by atoms with Gasteiger partial charge in [0, 0.05) is 25.0 Å². The highest BCUT2D eigenvalue weighted by Gasteiger charge is 2.22. The molecule has 4 aromatic carbocycles. The number of nitrogens with zero attached hydrogens (tertiary/aromatic N) is 1. The van der Waals surface area contributed by atoms with E-state index >= 15 is 0 Å². The number of methoxy groups -OCH3 is 1. The zero-order valence-corrected chi connectivity index (χ0v) is 22.7. The van der Waals surface area contributed by atoms with Gasteiger partial charge in [-0.25, -0.2) is 0 Å². The van der Waals surface area contributed by atoms with Crippen molar-refractivity contribution in [3.63, 3.8) is 0 Å². The summed E-state index contributed by atoms with van der Waals surface area (Å²) < 4.78 is 11.4. The number of carboxylic acids is 1. The minimum atomic E-state index is -0.846. The van der Waals surface area contributed by atoms with E-state index in [1.54, 1.807) is 7.11 Å². The molecule has 0 heterocycles. The molecule has 39 heavy (non-hydrogen) atoms. The van der Waals surface area contributed by atoms with E-state index in [-0.39, 0.29) is 18.4 Å². The Morgan fingerprint density at radius 3 is 2.03 bits per heavy atom. The van der Waals surface area contributed by atoms with Crippen molar-refractivity contribution in [2.24, 2.45) is 0 Å². The molecule has 1 N–H and O–H groups in total. The van der Waals surface area contributed by atoms with Crippen molar-refractivity contribution in [2.45, 2.75) is 38.3 Å². The van der Waals surface area contributed by atoms with Gasteiger partial charge in [0.15, 0.2) is 0 Å². The van der Waals surface area contributed by atoms with Gasteiger partial charge in [0.05, 0.1) is 20.1 Å². The molecule has 1 unspecified atom stereocenters. The molecule has 4 rings (SSSR count). The first-order chi connectivity index (χ1) is 19.0. The first-order valence-electron chi connectivity index (χ1n) is 13.4. The molecule has 0 amide bonds. The summed E-state index contributed by atoms with van der Waals surface area (Å²) >= 11 is 0. The number of carbonyl (C=O) groups is 1. The highest BCUT2D eigenvalue weighted by atomic mass is 16.5. The van der Waals surface area contributed by atoms with Gasteiger partial charge in [-0.15, -0.1) is 0 Å². The third kappa shape index (κ3) is 8.45. The second-order valence-electron chi connectivity index (χ2n) is 9.86. The van der Waals surface area contributed by atoms with Crippen LogP contribution in [0.1, 0.15) is 41.5 Å². The summed E-state index contributed by atoms with van der Waals surface area (Å²) in [7, 11) is 1.69. The molecule has 0 aliphatic heterocycles. The summed E-state index contributed by atoms with van der Waals surface area (Å²) in [5.41, 5.74) is 4.55. The number of hydrogen-bond donors (Lipinski definition) is 1. The van der Waals surface area contributed by atoms with E-state index in [1.165, 1.54) is 16.7 Å². The van der Waals surface area contributed by atoms with Gasteiger partial charge in [-0.05, 0) is 59.9 Å². The van der Waals surface area contributed by atoms with Gasteiger partial charge in [0.1, 0.15) is 11.5 Å². The van der Waals surface area contributed by atoms with Crippen LogP contribution in [0.3, 0.4) is 0 Å². The fourth-order valence-electron chi connectivity index (χ4n) is 4.82. The highest BCUT2D eigenvalue weighted by Crippen LogP contribution is 2.28. The van der Waals surface area contributed by atoms with Gasteiger partial charge in [0.25, 0.3) is 0 Å². The van der Waals surface area contributed by atoms with Gasteiger partial charge in [-0.1, -0.05) is 84.9 Å². The Hall–Kier alpha value is -4.09. The van der Waals surface area contributed by atoms with E-state index in [2.05, 4.69) is 84.6 Å². The zero-order valence-electron chi connectivity index (χ0n) is 22.7. The molecule has 0 aromatic heterocycles. The second-order valence-corrected chi connectivity index (χ2v) is 9.86. The SMILES string of the molecule is COc1ccc(CN(CC(c2ccccc2)c2ccccc2)C(C)CCOc2cccc(CC(=O)O)c2)cc1. The standard InChI is InChI=1S/C34H37NO4/c1-26(20-21-39-32-15-9-10-28(22-32)23-34(36)37)35(24-27-16-18-31(38-2)19-17-27)25-33(29-11-5-3-6-12-29)30-13-7-4-8-14-30/h3-19,22,26,33H,20-21,23-25H2,1-2H3,(H,36,37). The van der Waals surface area contributed by atoms with Crippen molar-refractivity contribution in [3.8, 4) is 11.5 Å². The van der Waals surface area contributed by atoms with Crippen molar-refractivity contribution in [1.29, 1.82) is 0 Å². The predicted octanol–water partition coefficient (Wildman–Crippen LogP) is 6.81. The highest BCUT2D eigenvalue weighted by molar-refractivity contribution is 5.70. The van der Waals surface area contributed by atoms with Crippen molar-refractivity contribution in [1.82, 2.24) is 4.90 Å². The molecule has 0 saturated carbocycles. The van der Waals surface area contributed by atoms with Crippen LogP contribution in [0.4, 0.5) is 0 Å². The maximum absolute atomic E-state index is 11.1. The third-order valence-electron chi connectivity index (χ3n) is 7.05. The van der Waals surface area contributed by atoms with Crippen molar-refractivity contribution >= 4 is 5.97 Å². The molecule has 0 fully saturated rings. The summed E-state index contributed by atoms with van der Waals surface area (Å²) in [5.74, 6) is 0.931. The molecular formula is C34H37NO4. The Morgan fingerprint density at radius 1 is 0.795 bits per heavy atom. The molecule has 202 valence electrons. The lowest BCUT2D eigenvalue weighted by Crippen LogP contribution is -2.37. The minimum Gasteiger partial charge on any atom is -0.497 e. The third-order valence-corrected chi connectivity index (χ3v) is 7.05. The van der Waals surface area contributed by atoms with Crippen LogP contribution in [0.25, 0.3) is 0 Å². The van der Waals surface area contributed by atoms with Gasteiger partial charge in [0.2, 0.25) is 0 Å². The lowest BCUT2D eigenvalue weighted by molar-refractivity contribution is -0.136. The average molecular weight is 524 g/mol. The Labute approximate surface area is 231 Å². The van der Waals surface area contributed by atoms with Crippen LogP contribution in [0, 0.1) is 0 Å². The molecule has 0 aliphatic carbocycles. The lowest BCUT2D eigenvalue weighted by Gasteiger charge is -2.33. The molecule has 5 heteroatoms. The molecule has 0 aliphatic rings. The number of carboxylic acid groups (broad SMARTS) is 1. The van der Waals surface area contributed by atoms with Crippen LogP contribution >= 0.6 is 0 Å². The normalized spacial score (nSPS) is 11.9. The number of ether oxygens (including phenoxy) is 2. The topological polar surface area (TPSA) is 59.0 Å². The maximum Gasteiger partial charge on any atom is 0.307 e. The lowest BCUT2D eigenvalue weighted by atomic mass is 9.90. The first kappa shape index (κ1) is 27.9. The van der Waals surface area contributed by atoms with Gasteiger partial charge < -0.3 is 14.6 Å². The van der Waals surface area contributed by atoms with E-state index in [0.29, 0.717) is 12.4 Å². The zero-order chi connectivity index (χ0) is 27.5. The van der Waals surface area contributed by atoms with Crippen LogP contribution in [-0.4, -0.2) is 42.3 Å². The number of hydrogen-bond acceptors (Lipinski definition) is 4. The van der Waals surface area contributed by atoms with E-state index < -0.39 is 5.97 Å². The Kier molecular flexibility index (Phi) is 10.1. The van der Waals surface area contributed by atoms with E-state index in [4.69, 9.17) is 14.6 Å². The van der Waals surface area contributed by atoms with Crippen LogP contribution in [0.2, 0.25) is 0 Å². The van der Waals surface area contributed by atoms with Gasteiger partial charge >= 0.3 is 5.97 Å². The molecule has 5 nitrogen and oxygen atoms in total. The Morgan fingerprint density at radius 2 is 1.44 bits per heavy atom. The van der Waals surface area contributed by atoms with Crippen LogP contribution in [-0.2, 0) is 17.8 Å². The second kappa shape index (κ2) is 14.2. The predicted molar refractivity (Wildman–Crippen MR) is 155 cm³/mol. The average Bonchev–Trinajstić information content (AvgIpc) is 2.96. The van der Waals surface area contributed by atoms with Crippen molar-refractivity contribution < 1.29 is 19.4 Å². The Bertz CT molecular complexity index is 1250. The molecule has 0 saturated heterocycles. The summed E-state index contributed by atoms with van der Waals surface area (Å²) in [6.45, 7) is 4.45. The van der Waals surface area contributed by atoms with Gasteiger partial charge in [-0.3, -0.25) is 9.69 Å². The summed E-state index contributed by atoms with van der Waals surface area (Å²) in [6.07, 6.45) is 0.819. The molecule has 0 bridgehead atoms. The number of benzene rings is 4. The van der Waals surface area contributed by atoms with Gasteiger partial charge in [-0.2, -0.15) is 0 Å². The molecule has 4 aromatic rings. The van der Waals surface area contributed by atoms with E-state index in [0.717, 1.165) is 30.8 Å². The van der Waals surface area contributed by atoms with Crippen LogP contribution in [0.5, 0.6) is 11.5 Å². The van der Waals surface area contributed by atoms with E-state index in [1.807, 2.05) is 36.4 Å². The molecule has 1 atom stereocenters. The number of rotatable bonds is 14. The minimum absolute atomic E-state index is 0.0103. The van der Waals surface area contributed by atoms with E-state index in [9.17, 15) is 4.79 Å². The molecule has 0 spiro atoms.